The lowest BCUT2D eigenvalue weighted by Crippen LogP contribution is -2.75. The second-order valence-electron chi connectivity index (χ2n) is 15.7. The first kappa shape index (κ1) is 24.6. The number of nitrogens with zero attached hydrogens (tertiary/aromatic N) is 4. The van der Waals surface area contributed by atoms with Crippen LogP contribution in [0.4, 0.5) is 11.4 Å². The second-order valence-corrected chi connectivity index (χ2v) is 15.7. The van der Waals surface area contributed by atoms with E-state index in [4.69, 9.17) is 9.47 Å². The number of fused-ring (bicyclic) bond motifs is 4. The summed E-state index contributed by atoms with van der Waals surface area (Å²) >= 11 is 0. The highest BCUT2D eigenvalue weighted by atomic mass is 16.5. The highest BCUT2D eigenvalue weighted by Crippen LogP contribution is 2.67. The van der Waals surface area contributed by atoms with Gasteiger partial charge in [0.1, 0.15) is 12.5 Å². The normalized spacial score (nSPS) is 47.2. The number of benzene rings is 2. The standard InChI is InChI=1S/C38H42N4O2/c1-2-6-24(7-3-1)41-34-25-10-14-39-20-22-11-16-43-36(32(34)26(22)18-30(25)39)42-29-9-5-4-8-28(29)38-13-15-40-21-23-12-17-44-37(41)33(35(38)42)27(23)19-31(38)40/h1-9,11-12,25-27,30-37H,10,13-21H2/t25-,26-,27-,30-,31-,32+,33+,34+,35-,36+,37+,38+/m0/s1. The van der Waals surface area contributed by atoms with E-state index in [1.807, 2.05) is 0 Å². The predicted molar refractivity (Wildman–Crippen MR) is 169 cm³/mol. The molecule has 10 aliphatic rings. The smallest absolute Gasteiger partial charge is 0.136 e. The fourth-order valence-electron chi connectivity index (χ4n) is 13.5. The van der Waals surface area contributed by atoms with E-state index in [1.54, 1.807) is 16.7 Å². The van der Waals surface area contributed by atoms with Gasteiger partial charge < -0.3 is 19.3 Å². The predicted octanol–water partition coefficient (Wildman–Crippen LogP) is 4.63. The molecule has 6 heteroatoms. The first-order chi connectivity index (χ1) is 21.8. The highest BCUT2D eigenvalue weighted by molar-refractivity contribution is 5.69. The van der Waals surface area contributed by atoms with Crippen molar-refractivity contribution in [1.82, 2.24) is 9.80 Å². The van der Waals surface area contributed by atoms with Crippen LogP contribution in [-0.2, 0) is 14.9 Å². The van der Waals surface area contributed by atoms with Crippen LogP contribution in [0.5, 0.6) is 0 Å². The van der Waals surface area contributed by atoms with E-state index in [-0.39, 0.29) is 17.9 Å². The number of hydrogen-bond acceptors (Lipinski definition) is 6. The lowest BCUT2D eigenvalue weighted by molar-refractivity contribution is -0.105. The molecule has 2 aromatic rings. The number of rotatable bonds is 1. The second kappa shape index (κ2) is 8.38. The molecular formula is C38H42N4O2. The number of hydrogen-bond donors (Lipinski definition) is 0. The van der Waals surface area contributed by atoms with Crippen molar-refractivity contribution in [2.75, 3.05) is 49.2 Å². The molecule has 44 heavy (non-hydrogen) atoms. The van der Waals surface area contributed by atoms with Crippen LogP contribution in [0.3, 0.4) is 0 Å². The van der Waals surface area contributed by atoms with Gasteiger partial charge in [0.15, 0.2) is 0 Å². The van der Waals surface area contributed by atoms with Crippen molar-refractivity contribution in [3.8, 4) is 0 Å². The highest BCUT2D eigenvalue weighted by Gasteiger charge is 2.73. The zero-order valence-corrected chi connectivity index (χ0v) is 25.4. The Hall–Kier alpha value is -2.64. The third kappa shape index (κ3) is 2.74. The average Bonchev–Trinajstić information content (AvgIpc) is 3.65. The third-order valence-electron chi connectivity index (χ3n) is 14.7. The minimum atomic E-state index is 0.0532. The molecule has 0 unspecified atom stereocenters. The van der Waals surface area contributed by atoms with Gasteiger partial charge in [0.25, 0.3) is 0 Å². The van der Waals surface area contributed by atoms with Gasteiger partial charge in [-0.05, 0) is 80.3 Å². The molecule has 226 valence electrons. The molecule has 0 N–H and O–H groups in total. The molecule has 2 aromatic carbocycles. The fourth-order valence-corrected chi connectivity index (χ4v) is 13.5. The van der Waals surface area contributed by atoms with E-state index in [1.165, 1.54) is 50.1 Å². The largest absolute Gasteiger partial charge is 0.354 e. The van der Waals surface area contributed by atoms with Gasteiger partial charge in [-0.2, -0.15) is 0 Å². The summed E-state index contributed by atoms with van der Waals surface area (Å²) < 4.78 is 14.7. The summed E-state index contributed by atoms with van der Waals surface area (Å²) in [6.07, 6.45) is 10.2. The van der Waals surface area contributed by atoms with E-state index in [9.17, 15) is 0 Å². The van der Waals surface area contributed by atoms with Crippen LogP contribution in [0.15, 0.2) is 77.9 Å². The zero-order valence-electron chi connectivity index (χ0n) is 25.4. The van der Waals surface area contributed by atoms with Crippen molar-refractivity contribution in [3.05, 3.63) is 83.5 Å². The molecule has 0 amide bonds. The van der Waals surface area contributed by atoms with Crippen molar-refractivity contribution in [1.29, 1.82) is 0 Å². The van der Waals surface area contributed by atoms with Gasteiger partial charge >= 0.3 is 0 Å². The van der Waals surface area contributed by atoms with Gasteiger partial charge in [-0.25, -0.2) is 0 Å². The molecule has 7 fully saturated rings. The topological polar surface area (TPSA) is 31.4 Å². The molecule has 1 spiro atoms. The van der Waals surface area contributed by atoms with Crippen LogP contribution in [0.1, 0.15) is 31.2 Å². The molecule has 8 heterocycles. The summed E-state index contributed by atoms with van der Waals surface area (Å²) in [6, 6.07) is 23.1. The lowest BCUT2D eigenvalue weighted by atomic mass is 9.54. The van der Waals surface area contributed by atoms with Crippen LogP contribution in [-0.4, -0.2) is 85.8 Å². The first-order valence-corrected chi connectivity index (χ1v) is 17.6. The molecule has 5 saturated heterocycles. The van der Waals surface area contributed by atoms with E-state index < -0.39 is 0 Å². The van der Waals surface area contributed by atoms with E-state index in [2.05, 4.69) is 86.3 Å². The van der Waals surface area contributed by atoms with E-state index in [0.29, 0.717) is 53.8 Å². The summed E-state index contributed by atoms with van der Waals surface area (Å²) in [5.41, 5.74) is 7.90. The van der Waals surface area contributed by atoms with Crippen molar-refractivity contribution in [2.24, 2.45) is 29.6 Å². The van der Waals surface area contributed by atoms with Gasteiger partial charge in [0, 0.05) is 59.8 Å². The molecule has 6 nitrogen and oxygen atoms in total. The summed E-state index contributed by atoms with van der Waals surface area (Å²) in [4.78, 5) is 11.5. The Kier molecular flexibility index (Phi) is 4.68. The number of ether oxygens (including phenoxy) is 2. The quantitative estimate of drug-likeness (QED) is 0.453. The van der Waals surface area contributed by atoms with Crippen molar-refractivity contribution >= 4 is 11.4 Å². The van der Waals surface area contributed by atoms with Gasteiger partial charge in [0.2, 0.25) is 0 Å². The Morgan fingerprint density at radius 1 is 0.727 bits per heavy atom. The van der Waals surface area contributed by atoms with Gasteiger partial charge in [0.05, 0.1) is 19.3 Å². The average molecular weight is 587 g/mol. The molecule has 2 saturated carbocycles. The molecule has 4 bridgehead atoms. The number of piperidine rings is 2. The van der Waals surface area contributed by atoms with E-state index in [0.717, 1.165) is 26.3 Å². The summed E-state index contributed by atoms with van der Waals surface area (Å²) in [7, 11) is 0. The molecule has 0 radical (unpaired) electrons. The van der Waals surface area contributed by atoms with Gasteiger partial charge in [-0.3, -0.25) is 9.80 Å². The molecule has 2 aliphatic carbocycles. The molecule has 0 aromatic heterocycles. The monoisotopic (exact) mass is 586 g/mol. The Morgan fingerprint density at radius 2 is 1.48 bits per heavy atom. The zero-order chi connectivity index (χ0) is 28.3. The maximum absolute atomic E-state index is 7.35. The van der Waals surface area contributed by atoms with Crippen molar-refractivity contribution in [3.63, 3.8) is 0 Å². The third-order valence-corrected chi connectivity index (χ3v) is 14.7. The van der Waals surface area contributed by atoms with Crippen LogP contribution >= 0.6 is 0 Å². The first-order valence-electron chi connectivity index (χ1n) is 17.6. The van der Waals surface area contributed by atoms with Crippen LogP contribution in [0, 0.1) is 29.6 Å². The van der Waals surface area contributed by atoms with Gasteiger partial charge in [-0.15, -0.1) is 0 Å². The van der Waals surface area contributed by atoms with Crippen molar-refractivity contribution < 1.29 is 9.47 Å². The summed E-state index contributed by atoms with van der Waals surface area (Å²) in [5.74, 6) is 2.56. The van der Waals surface area contributed by atoms with Crippen molar-refractivity contribution in [2.45, 2.75) is 67.7 Å². The maximum Gasteiger partial charge on any atom is 0.136 e. The van der Waals surface area contributed by atoms with Crippen LogP contribution in [0.25, 0.3) is 0 Å². The maximum atomic E-state index is 7.35. The minimum absolute atomic E-state index is 0.0532. The SMILES string of the molecule is C1=C2CN3CC[C@@H]4[C@@H]5[C@H]([C@@H](OC1)N1c6ccccc6[C@@]67CCN8CC9=CCO[C@H]([C@@H]([C@H]16)[C@H]9C[C@H]87)N5c1ccccc1)[C@H]2C[C@@H]43. The molecular weight excluding hydrogens is 544 g/mol. The number of para-hydroxylation sites is 2. The Bertz CT molecular complexity index is 1620. The number of anilines is 2. The minimum Gasteiger partial charge on any atom is -0.354 e. The Morgan fingerprint density at radius 3 is 2.34 bits per heavy atom. The Labute approximate surface area is 260 Å². The van der Waals surface area contributed by atoms with E-state index >= 15 is 0 Å². The van der Waals surface area contributed by atoms with Gasteiger partial charge in [-0.1, -0.05) is 59.7 Å². The fraction of sp³-hybridized carbons (Fsp3) is 0.579. The molecule has 12 atom stereocenters. The lowest BCUT2D eigenvalue weighted by Gasteiger charge is -2.65. The molecule has 12 rings (SSSR count). The summed E-state index contributed by atoms with van der Waals surface area (Å²) in [6.45, 7) is 6.19. The summed E-state index contributed by atoms with van der Waals surface area (Å²) in [5, 5.41) is 0. The molecule has 8 aliphatic heterocycles. The Balaban J connectivity index is 1.17. The van der Waals surface area contributed by atoms with Crippen LogP contribution in [0.2, 0.25) is 0 Å². The van der Waals surface area contributed by atoms with Crippen LogP contribution < -0.4 is 9.80 Å².